The fourth-order valence-corrected chi connectivity index (χ4v) is 3.85. The maximum absolute atomic E-state index is 4.44. The van der Waals surface area contributed by atoms with Gasteiger partial charge in [-0.05, 0) is 41.8 Å². The Hall–Kier alpha value is -1.37. The van der Waals surface area contributed by atoms with Crippen LogP contribution in [0.15, 0.2) is 51.0 Å². The zero-order valence-corrected chi connectivity index (χ0v) is 14.7. The third-order valence-corrected chi connectivity index (χ3v) is 5.34. The first-order valence-corrected chi connectivity index (χ1v) is 10.1. The Labute approximate surface area is 142 Å². The number of hydrogen-bond acceptors (Lipinski definition) is 5. The first-order chi connectivity index (χ1) is 10.9. The van der Waals surface area contributed by atoms with E-state index in [1.54, 1.807) is 23.3 Å². The Bertz CT molecular complexity index is 747. The second-order valence-corrected chi connectivity index (χ2v) is 7.33. The minimum Gasteiger partial charge on any atom is -0.352 e. The van der Waals surface area contributed by atoms with Gasteiger partial charge in [0, 0.05) is 34.2 Å². The maximum atomic E-state index is 4.44. The summed E-state index contributed by atoms with van der Waals surface area (Å²) < 4.78 is 3.42. The first kappa shape index (κ1) is 15.5. The normalized spacial score (nSPS) is 11.5. The van der Waals surface area contributed by atoms with Crippen LogP contribution in [0.2, 0.25) is 0 Å². The lowest BCUT2D eigenvalue weighted by molar-refractivity contribution is 1.15. The predicted molar refractivity (Wildman–Crippen MR) is 103 cm³/mol. The molecule has 2 heterocycles. The van der Waals surface area contributed by atoms with Crippen LogP contribution in [0.4, 0.5) is 5.69 Å². The molecule has 0 aliphatic heterocycles. The standard InChI is InChI=1S/C16H17N3S3/c1-20-8-6-17-10-13-9-12-3-2-4-15(16(12)18-13)19-22-14-5-7-21-11-14/h2-5,7,9-11,18-19H,6,8H2,1H3. The van der Waals surface area contributed by atoms with Crippen molar-refractivity contribution in [2.24, 2.45) is 4.99 Å². The second-order valence-electron chi connectivity index (χ2n) is 4.69. The fourth-order valence-electron chi connectivity index (χ4n) is 2.06. The third kappa shape index (κ3) is 3.88. The van der Waals surface area contributed by atoms with Gasteiger partial charge in [0.15, 0.2) is 0 Å². The summed E-state index contributed by atoms with van der Waals surface area (Å²) in [4.78, 5) is 9.11. The average Bonchev–Trinajstić information content (AvgIpc) is 3.18. The van der Waals surface area contributed by atoms with Crippen molar-refractivity contribution < 1.29 is 0 Å². The molecule has 0 amide bonds. The number of H-pyrrole nitrogens is 1. The highest BCUT2D eigenvalue weighted by atomic mass is 32.2. The summed E-state index contributed by atoms with van der Waals surface area (Å²) in [6.45, 7) is 0.857. The largest absolute Gasteiger partial charge is 0.352 e. The zero-order valence-electron chi connectivity index (χ0n) is 12.2. The molecule has 0 fully saturated rings. The van der Waals surface area contributed by atoms with E-state index in [0.717, 1.165) is 29.2 Å². The van der Waals surface area contributed by atoms with Crippen LogP contribution in [0.5, 0.6) is 0 Å². The van der Waals surface area contributed by atoms with Crippen LogP contribution in [0.1, 0.15) is 5.69 Å². The molecule has 0 atom stereocenters. The number of hydrogen-bond donors (Lipinski definition) is 2. The van der Waals surface area contributed by atoms with Gasteiger partial charge in [-0.25, -0.2) is 0 Å². The van der Waals surface area contributed by atoms with E-state index in [1.807, 2.05) is 18.0 Å². The number of thioether (sulfide) groups is 1. The SMILES string of the molecule is CSCCN=Cc1cc2cccc(NSc3ccsc3)c2[nH]1. The third-order valence-electron chi connectivity index (χ3n) is 3.11. The van der Waals surface area contributed by atoms with E-state index in [4.69, 9.17) is 0 Å². The molecule has 3 nitrogen and oxygen atoms in total. The summed E-state index contributed by atoms with van der Waals surface area (Å²) in [7, 11) is 0. The van der Waals surface area contributed by atoms with E-state index in [9.17, 15) is 0 Å². The molecule has 0 saturated carbocycles. The van der Waals surface area contributed by atoms with Gasteiger partial charge in [0.1, 0.15) is 0 Å². The summed E-state index contributed by atoms with van der Waals surface area (Å²) in [6, 6.07) is 10.5. The molecular formula is C16H17N3S3. The lowest BCUT2D eigenvalue weighted by Gasteiger charge is -2.05. The van der Waals surface area contributed by atoms with E-state index in [2.05, 4.69) is 62.0 Å². The molecule has 1 aromatic carbocycles. The van der Waals surface area contributed by atoms with Crippen LogP contribution in [0, 0.1) is 0 Å². The molecule has 2 aromatic heterocycles. The Morgan fingerprint density at radius 1 is 1.36 bits per heavy atom. The van der Waals surface area contributed by atoms with E-state index in [-0.39, 0.29) is 0 Å². The lowest BCUT2D eigenvalue weighted by Crippen LogP contribution is -1.88. The van der Waals surface area contributed by atoms with Crippen molar-refractivity contribution in [1.82, 2.24) is 4.98 Å². The molecule has 3 aromatic rings. The molecule has 0 unspecified atom stereocenters. The van der Waals surface area contributed by atoms with Crippen molar-refractivity contribution in [1.29, 1.82) is 0 Å². The number of aliphatic imine (C=N–C) groups is 1. The highest BCUT2D eigenvalue weighted by Gasteiger charge is 2.05. The minimum absolute atomic E-state index is 0.857. The van der Waals surface area contributed by atoms with Crippen molar-refractivity contribution in [2.45, 2.75) is 4.90 Å². The summed E-state index contributed by atoms with van der Waals surface area (Å²) in [5.41, 5.74) is 3.26. The molecule has 0 aliphatic carbocycles. The van der Waals surface area contributed by atoms with Gasteiger partial charge in [0.05, 0.1) is 16.9 Å². The number of aromatic nitrogens is 1. The summed E-state index contributed by atoms with van der Waals surface area (Å²) >= 11 is 5.15. The van der Waals surface area contributed by atoms with Crippen molar-refractivity contribution in [3.05, 3.63) is 46.8 Å². The van der Waals surface area contributed by atoms with Crippen LogP contribution < -0.4 is 4.72 Å². The van der Waals surface area contributed by atoms with Gasteiger partial charge in [0.25, 0.3) is 0 Å². The van der Waals surface area contributed by atoms with E-state index >= 15 is 0 Å². The topological polar surface area (TPSA) is 40.2 Å². The number of nitrogens with zero attached hydrogens (tertiary/aromatic N) is 1. The number of benzene rings is 1. The molecule has 2 N–H and O–H groups in total. The van der Waals surface area contributed by atoms with Crippen LogP contribution >= 0.6 is 35.0 Å². The number of nitrogens with one attached hydrogen (secondary N) is 2. The van der Waals surface area contributed by atoms with Gasteiger partial charge in [-0.3, -0.25) is 4.99 Å². The summed E-state index contributed by atoms with van der Waals surface area (Å²) in [6.07, 6.45) is 4.02. The lowest BCUT2D eigenvalue weighted by atomic mass is 10.2. The first-order valence-electron chi connectivity index (χ1n) is 6.92. The number of rotatable bonds is 7. The molecule has 0 aliphatic rings. The Kier molecular flexibility index (Phi) is 5.48. The van der Waals surface area contributed by atoms with Crippen molar-refractivity contribution in [2.75, 3.05) is 23.3 Å². The minimum atomic E-state index is 0.857. The monoisotopic (exact) mass is 347 g/mol. The smallest absolute Gasteiger partial charge is 0.0703 e. The van der Waals surface area contributed by atoms with Crippen LogP contribution in [-0.2, 0) is 0 Å². The Balaban J connectivity index is 1.76. The van der Waals surface area contributed by atoms with Crippen LogP contribution in [0.25, 0.3) is 10.9 Å². The number of fused-ring (bicyclic) bond motifs is 1. The zero-order chi connectivity index (χ0) is 15.2. The van der Waals surface area contributed by atoms with E-state index in [0.29, 0.717) is 0 Å². The molecule has 22 heavy (non-hydrogen) atoms. The van der Waals surface area contributed by atoms with E-state index in [1.165, 1.54) is 10.3 Å². The van der Waals surface area contributed by atoms with Crippen molar-refractivity contribution >= 4 is 57.9 Å². The van der Waals surface area contributed by atoms with Crippen molar-refractivity contribution in [3.8, 4) is 0 Å². The molecule has 0 spiro atoms. The Morgan fingerprint density at radius 3 is 3.14 bits per heavy atom. The number of aromatic amines is 1. The molecule has 6 heteroatoms. The highest BCUT2D eigenvalue weighted by molar-refractivity contribution is 8.00. The number of para-hydroxylation sites is 1. The van der Waals surface area contributed by atoms with E-state index < -0.39 is 0 Å². The molecule has 0 radical (unpaired) electrons. The van der Waals surface area contributed by atoms with Gasteiger partial charge < -0.3 is 9.71 Å². The van der Waals surface area contributed by atoms with Gasteiger partial charge in [-0.1, -0.05) is 12.1 Å². The van der Waals surface area contributed by atoms with Gasteiger partial charge in [0.2, 0.25) is 0 Å². The van der Waals surface area contributed by atoms with Crippen LogP contribution in [-0.4, -0.2) is 29.8 Å². The predicted octanol–water partition coefficient (Wildman–Crippen LogP) is 5.13. The molecule has 3 rings (SSSR count). The number of anilines is 1. The molecular weight excluding hydrogens is 330 g/mol. The van der Waals surface area contributed by atoms with Gasteiger partial charge >= 0.3 is 0 Å². The van der Waals surface area contributed by atoms with Crippen molar-refractivity contribution in [3.63, 3.8) is 0 Å². The summed E-state index contributed by atoms with van der Waals surface area (Å²) in [5, 5.41) is 5.42. The number of thiophene rings is 1. The summed E-state index contributed by atoms with van der Waals surface area (Å²) in [5.74, 6) is 1.06. The fraction of sp³-hybridized carbons (Fsp3) is 0.188. The van der Waals surface area contributed by atoms with Gasteiger partial charge in [-0.2, -0.15) is 23.1 Å². The average molecular weight is 348 g/mol. The molecule has 0 bridgehead atoms. The van der Waals surface area contributed by atoms with Crippen LogP contribution in [0.3, 0.4) is 0 Å². The van der Waals surface area contributed by atoms with Gasteiger partial charge in [-0.15, -0.1) is 0 Å². The molecule has 0 saturated heterocycles. The maximum Gasteiger partial charge on any atom is 0.0703 e. The highest BCUT2D eigenvalue weighted by Crippen LogP contribution is 2.28. The second kappa shape index (κ2) is 7.76. The quantitative estimate of drug-likeness (QED) is 0.353. The Morgan fingerprint density at radius 2 is 2.32 bits per heavy atom. The molecule has 114 valence electrons.